The maximum absolute atomic E-state index is 12.3. The Labute approximate surface area is 154 Å². The molecule has 0 radical (unpaired) electrons. The lowest BCUT2D eigenvalue weighted by Gasteiger charge is -2.15. The standard InChI is InChI=1S/C20H26N4O2/c1-2-26-18-11-9-17(10-12-18)23-19(25)15-13-21-20(22-14-15)24-16-7-5-3-4-6-8-16/h9-14,16H,2-8H2,1H3,(H,23,25)(H,21,22,24). The maximum atomic E-state index is 12.3. The van der Waals surface area contributed by atoms with E-state index >= 15 is 0 Å². The fourth-order valence-electron chi connectivity index (χ4n) is 3.13. The van der Waals surface area contributed by atoms with Gasteiger partial charge >= 0.3 is 0 Å². The van der Waals surface area contributed by atoms with Crippen molar-refractivity contribution >= 4 is 17.5 Å². The average molecular weight is 354 g/mol. The van der Waals surface area contributed by atoms with E-state index in [2.05, 4.69) is 20.6 Å². The minimum Gasteiger partial charge on any atom is -0.494 e. The zero-order valence-electron chi connectivity index (χ0n) is 15.2. The monoisotopic (exact) mass is 354 g/mol. The molecule has 1 amide bonds. The molecule has 1 aromatic carbocycles. The molecule has 6 nitrogen and oxygen atoms in total. The summed E-state index contributed by atoms with van der Waals surface area (Å²) in [5.74, 6) is 1.15. The van der Waals surface area contributed by atoms with Crippen LogP contribution in [-0.4, -0.2) is 28.5 Å². The summed E-state index contributed by atoms with van der Waals surface area (Å²) >= 11 is 0. The van der Waals surface area contributed by atoms with Crippen molar-refractivity contribution in [1.29, 1.82) is 0 Å². The number of amides is 1. The van der Waals surface area contributed by atoms with Crippen molar-refractivity contribution in [1.82, 2.24) is 9.97 Å². The van der Waals surface area contributed by atoms with Crippen LogP contribution in [0, 0.1) is 0 Å². The van der Waals surface area contributed by atoms with Gasteiger partial charge in [-0.05, 0) is 44.0 Å². The Balaban J connectivity index is 1.56. The van der Waals surface area contributed by atoms with Gasteiger partial charge in [-0.3, -0.25) is 4.79 Å². The number of rotatable bonds is 6. The number of nitrogens with one attached hydrogen (secondary N) is 2. The molecule has 2 aromatic rings. The fraction of sp³-hybridized carbons (Fsp3) is 0.450. The molecule has 3 rings (SSSR count). The minimum atomic E-state index is -0.227. The molecule has 0 spiro atoms. The Kier molecular flexibility index (Phi) is 6.41. The van der Waals surface area contributed by atoms with Gasteiger partial charge in [0, 0.05) is 24.1 Å². The van der Waals surface area contributed by atoms with E-state index in [-0.39, 0.29) is 5.91 Å². The molecule has 26 heavy (non-hydrogen) atoms. The Morgan fingerprint density at radius 1 is 1.08 bits per heavy atom. The lowest BCUT2D eigenvalue weighted by Crippen LogP contribution is -2.20. The van der Waals surface area contributed by atoms with E-state index < -0.39 is 0 Å². The van der Waals surface area contributed by atoms with Crippen LogP contribution < -0.4 is 15.4 Å². The van der Waals surface area contributed by atoms with Crippen LogP contribution in [0.15, 0.2) is 36.7 Å². The van der Waals surface area contributed by atoms with Crippen molar-refractivity contribution in [3.05, 3.63) is 42.2 Å². The molecule has 0 bridgehead atoms. The molecule has 1 heterocycles. The number of anilines is 2. The van der Waals surface area contributed by atoms with Gasteiger partial charge in [0.05, 0.1) is 12.2 Å². The number of aromatic nitrogens is 2. The predicted octanol–water partition coefficient (Wildman–Crippen LogP) is 4.26. The van der Waals surface area contributed by atoms with Gasteiger partial charge in [0.2, 0.25) is 5.95 Å². The molecule has 1 aliphatic carbocycles. The highest BCUT2D eigenvalue weighted by Crippen LogP contribution is 2.20. The highest BCUT2D eigenvalue weighted by atomic mass is 16.5. The summed E-state index contributed by atoms with van der Waals surface area (Å²) in [5.41, 5.74) is 1.14. The molecule has 2 N–H and O–H groups in total. The Morgan fingerprint density at radius 3 is 2.35 bits per heavy atom. The molecule has 0 aliphatic heterocycles. The first kappa shape index (κ1) is 18.2. The number of hydrogen-bond acceptors (Lipinski definition) is 5. The smallest absolute Gasteiger partial charge is 0.258 e. The van der Waals surface area contributed by atoms with Gasteiger partial charge in [0.25, 0.3) is 5.91 Å². The zero-order valence-corrected chi connectivity index (χ0v) is 15.2. The highest BCUT2D eigenvalue weighted by Gasteiger charge is 2.14. The van der Waals surface area contributed by atoms with E-state index in [1.54, 1.807) is 12.4 Å². The molecule has 0 atom stereocenters. The number of ether oxygens (including phenoxy) is 1. The molecule has 1 aromatic heterocycles. The summed E-state index contributed by atoms with van der Waals surface area (Å²) in [4.78, 5) is 20.9. The predicted molar refractivity (Wildman–Crippen MR) is 103 cm³/mol. The van der Waals surface area contributed by atoms with Crippen molar-refractivity contribution in [3.8, 4) is 5.75 Å². The van der Waals surface area contributed by atoms with Crippen LogP contribution in [0.2, 0.25) is 0 Å². The summed E-state index contributed by atoms with van der Waals surface area (Å²) in [7, 11) is 0. The first-order valence-corrected chi connectivity index (χ1v) is 9.37. The SMILES string of the molecule is CCOc1ccc(NC(=O)c2cnc(NC3CCCCCC3)nc2)cc1. The third kappa shape index (κ3) is 5.18. The summed E-state index contributed by atoms with van der Waals surface area (Å²) in [5, 5.41) is 6.23. The van der Waals surface area contributed by atoms with Crippen molar-refractivity contribution < 1.29 is 9.53 Å². The summed E-state index contributed by atoms with van der Waals surface area (Å²) < 4.78 is 5.39. The molecule has 0 saturated heterocycles. The van der Waals surface area contributed by atoms with Crippen LogP contribution in [0.1, 0.15) is 55.8 Å². The second-order valence-corrected chi connectivity index (χ2v) is 6.54. The molecular weight excluding hydrogens is 328 g/mol. The van der Waals surface area contributed by atoms with Crippen LogP contribution in [0.4, 0.5) is 11.6 Å². The molecule has 138 valence electrons. The number of carbonyl (C=O) groups excluding carboxylic acids is 1. The van der Waals surface area contributed by atoms with Crippen molar-refractivity contribution in [2.24, 2.45) is 0 Å². The topological polar surface area (TPSA) is 76.1 Å². The van der Waals surface area contributed by atoms with Crippen LogP contribution in [0.3, 0.4) is 0 Å². The number of benzene rings is 1. The largest absolute Gasteiger partial charge is 0.494 e. The van der Waals surface area contributed by atoms with Crippen molar-refractivity contribution in [3.63, 3.8) is 0 Å². The number of nitrogens with zero attached hydrogens (tertiary/aromatic N) is 2. The molecular formula is C20H26N4O2. The van der Waals surface area contributed by atoms with Gasteiger partial charge in [0.1, 0.15) is 5.75 Å². The normalized spacial score (nSPS) is 15.1. The van der Waals surface area contributed by atoms with Gasteiger partial charge < -0.3 is 15.4 Å². The van der Waals surface area contributed by atoms with Crippen molar-refractivity contribution in [2.45, 2.75) is 51.5 Å². The van der Waals surface area contributed by atoms with Gasteiger partial charge in [0.15, 0.2) is 0 Å². The van der Waals surface area contributed by atoms with E-state index in [0.29, 0.717) is 29.8 Å². The lowest BCUT2D eigenvalue weighted by molar-refractivity contribution is 0.102. The molecule has 6 heteroatoms. The van der Waals surface area contributed by atoms with E-state index in [0.717, 1.165) is 18.6 Å². The van der Waals surface area contributed by atoms with Gasteiger partial charge in [-0.25, -0.2) is 9.97 Å². The van der Waals surface area contributed by atoms with E-state index in [9.17, 15) is 4.79 Å². The molecule has 0 unspecified atom stereocenters. The Morgan fingerprint density at radius 2 is 1.73 bits per heavy atom. The number of carbonyl (C=O) groups is 1. The van der Waals surface area contributed by atoms with E-state index in [4.69, 9.17) is 4.74 Å². The van der Waals surface area contributed by atoms with Gasteiger partial charge in [-0.1, -0.05) is 25.7 Å². The Hall–Kier alpha value is -2.63. The van der Waals surface area contributed by atoms with Crippen LogP contribution >= 0.6 is 0 Å². The first-order chi connectivity index (χ1) is 12.7. The summed E-state index contributed by atoms with van der Waals surface area (Å²) in [6.45, 7) is 2.55. The highest BCUT2D eigenvalue weighted by molar-refractivity contribution is 6.03. The third-order valence-electron chi connectivity index (χ3n) is 4.53. The van der Waals surface area contributed by atoms with Crippen molar-refractivity contribution in [2.75, 3.05) is 17.2 Å². The minimum absolute atomic E-state index is 0.227. The van der Waals surface area contributed by atoms with Crippen LogP contribution in [-0.2, 0) is 0 Å². The zero-order chi connectivity index (χ0) is 18.2. The maximum Gasteiger partial charge on any atom is 0.258 e. The van der Waals surface area contributed by atoms with Gasteiger partial charge in [-0.2, -0.15) is 0 Å². The molecule has 1 aliphatic rings. The quantitative estimate of drug-likeness (QED) is 0.758. The number of hydrogen-bond donors (Lipinski definition) is 2. The molecule has 1 fully saturated rings. The Bertz CT molecular complexity index is 693. The van der Waals surface area contributed by atoms with E-state index in [1.165, 1.54) is 25.7 Å². The second-order valence-electron chi connectivity index (χ2n) is 6.54. The third-order valence-corrected chi connectivity index (χ3v) is 4.53. The van der Waals surface area contributed by atoms with Gasteiger partial charge in [-0.15, -0.1) is 0 Å². The van der Waals surface area contributed by atoms with Crippen LogP contribution in [0.5, 0.6) is 5.75 Å². The van der Waals surface area contributed by atoms with E-state index in [1.807, 2.05) is 31.2 Å². The first-order valence-electron chi connectivity index (χ1n) is 9.37. The molecule has 1 saturated carbocycles. The lowest BCUT2D eigenvalue weighted by atomic mass is 10.1. The van der Waals surface area contributed by atoms with Crippen LogP contribution in [0.25, 0.3) is 0 Å². The summed E-state index contributed by atoms with van der Waals surface area (Å²) in [6.07, 6.45) is 10.6. The fourth-order valence-corrected chi connectivity index (χ4v) is 3.13. The average Bonchev–Trinajstić information content (AvgIpc) is 2.93. The summed E-state index contributed by atoms with van der Waals surface area (Å²) in [6, 6.07) is 7.71. The second kappa shape index (κ2) is 9.17.